The molecule has 0 unspecified atom stereocenters. The summed E-state index contributed by atoms with van der Waals surface area (Å²) in [6, 6.07) is 14.2. The van der Waals surface area contributed by atoms with E-state index in [0.29, 0.717) is 17.9 Å². The number of carbonyl (C=O) groups is 1. The van der Waals surface area contributed by atoms with E-state index in [0.717, 1.165) is 11.5 Å². The minimum Gasteiger partial charge on any atom is -0.497 e. The molecular formula is C18H20N2O3. The maximum Gasteiger partial charge on any atom is 0.278 e. The number of anilines is 1. The minimum absolute atomic E-state index is 0.212. The lowest BCUT2D eigenvalue weighted by Gasteiger charge is -2.17. The molecule has 0 bridgehead atoms. The molecule has 0 saturated carbocycles. The molecule has 0 aliphatic heterocycles. The van der Waals surface area contributed by atoms with Gasteiger partial charge in [0.1, 0.15) is 11.5 Å². The van der Waals surface area contributed by atoms with Crippen molar-refractivity contribution in [1.82, 2.24) is 0 Å². The number of methoxy groups -OCH3 is 1. The van der Waals surface area contributed by atoms with Gasteiger partial charge in [0.25, 0.3) is 5.91 Å². The van der Waals surface area contributed by atoms with Crippen LogP contribution in [0.4, 0.5) is 5.69 Å². The highest BCUT2D eigenvalue weighted by Crippen LogP contribution is 2.22. The summed E-state index contributed by atoms with van der Waals surface area (Å²) < 4.78 is 10.5. The highest BCUT2D eigenvalue weighted by atomic mass is 16.5. The lowest BCUT2D eigenvalue weighted by molar-refractivity contribution is 0.0987. The summed E-state index contributed by atoms with van der Waals surface area (Å²) in [4.78, 5) is 12.7. The van der Waals surface area contributed by atoms with Crippen LogP contribution in [0.25, 0.3) is 0 Å². The Hall–Kier alpha value is -2.82. The normalized spacial score (nSPS) is 10.6. The van der Waals surface area contributed by atoms with Crippen LogP contribution in [0.3, 0.4) is 0 Å². The van der Waals surface area contributed by atoms with Crippen LogP contribution in [-0.4, -0.2) is 25.8 Å². The second-order valence-electron chi connectivity index (χ2n) is 4.65. The van der Waals surface area contributed by atoms with Crippen LogP contribution in [0, 0.1) is 0 Å². The van der Waals surface area contributed by atoms with Crippen molar-refractivity contribution in [3.8, 4) is 11.5 Å². The third kappa shape index (κ3) is 4.10. The van der Waals surface area contributed by atoms with Gasteiger partial charge in [0.2, 0.25) is 0 Å². The molecule has 0 saturated heterocycles. The summed E-state index contributed by atoms with van der Waals surface area (Å²) in [6.45, 7) is 4.27. The van der Waals surface area contributed by atoms with E-state index in [2.05, 4.69) is 5.10 Å². The summed E-state index contributed by atoms with van der Waals surface area (Å²) in [7, 11) is 1.60. The van der Waals surface area contributed by atoms with Gasteiger partial charge in [-0.25, -0.2) is 0 Å². The Morgan fingerprint density at radius 3 is 2.22 bits per heavy atom. The van der Waals surface area contributed by atoms with Gasteiger partial charge in [-0.15, -0.1) is 0 Å². The molecule has 0 aliphatic carbocycles. The number of amides is 1. The quantitative estimate of drug-likeness (QED) is 0.603. The maximum absolute atomic E-state index is 12.7. The lowest BCUT2D eigenvalue weighted by atomic mass is 10.2. The Labute approximate surface area is 136 Å². The second-order valence-corrected chi connectivity index (χ2v) is 4.65. The van der Waals surface area contributed by atoms with Crippen molar-refractivity contribution in [2.75, 3.05) is 18.7 Å². The Morgan fingerprint density at radius 2 is 1.70 bits per heavy atom. The Bertz CT molecular complexity index is 664. The van der Waals surface area contributed by atoms with E-state index in [1.54, 1.807) is 68.8 Å². The first-order valence-corrected chi connectivity index (χ1v) is 7.39. The third-order valence-electron chi connectivity index (χ3n) is 3.15. The van der Waals surface area contributed by atoms with Gasteiger partial charge in [-0.05, 0) is 62.4 Å². The van der Waals surface area contributed by atoms with E-state index < -0.39 is 0 Å². The number of benzene rings is 2. The van der Waals surface area contributed by atoms with Gasteiger partial charge in [0.15, 0.2) is 0 Å². The molecule has 0 atom stereocenters. The lowest BCUT2D eigenvalue weighted by Crippen LogP contribution is -2.25. The van der Waals surface area contributed by atoms with Crippen LogP contribution in [0.15, 0.2) is 53.6 Å². The minimum atomic E-state index is -0.212. The molecular weight excluding hydrogens is 292 g/mol. The molecule has 0 heterocycles. The Kier molecular flexibility index (Phi) is 5.74. The average molecular weight is 312 g/mol. The molecule has 0 N–H and O–H groups in total. The summed E-state index contributed by atoms with van der Waals surface area (Å²) >= 11 is 0. The molecule has 23 heavy (non-hydrogen) atoms. The monoisotopic (exact) mass is 312 g/mol. The molecule has 120 valence electrons. The summed E-state index contributed by atoms with van der Waals surface area (Å²) in [5.74, 6) is 1.25. The zero-order valence-electron chi connectivity index (χ0n) is 13.5. The molecule has 0 aliphatic rings. The number of nitrogens with zero attached hydrogens (tertiary/aromatic N) is 2. The zero-order valence-corrected chi connectivity index (χ0v) is 13.5. The van der Waals surface area contributed by atoms with Crippen molar-refractivity contribution in [3.05, 3.63) is 54.1 Å². The average Bonchev–Trinajstić information content (AvgIpc) is 2.60. The van der Waals surface area contributed by atoms with Gasteiger partial charge >= 0.3 is 0 Å². The van der Waals surface area contributed by atoms with Gasteiger partial charge in [-0.2, -0.15) is 10.1 Å². The molecule has 0 aromatic heterocycles. The molecule has 2 rings (SSSR count). The number of carbonyl (C=O) groups excluding carboxylic acids is 1. The van der Waals surface area contributed by atoms with Crippen LogP contribution in [0.2, 0.25) is 0 Å². The Balaban J connectivity index is 2.26. The van der Waals surface area contributed by atoms with E-state index in [4.69, 9.17) is 9.47 Å². The molecule has 0 fully saturated rings. The van der Waals surface area contributed by atoms with Crippen molar-refractivity contribution in [3.63, 3.8) is 0 Å². The number of ether oxygens (including phenoxy) is 2. The van der Waals surface area contributed by atoms with Crippen LogP contribution >= 0.6 is 0 Å². The first kappa shape index (κ1) is 16.5. The van der Waals surface area contributed by atoms with E-state index in [1.807, 2.05) is 6.92 Å². The smallest absolute Gasteiger partial charge is 0.278 e. The largest absolute Gasteiger partial charge is 0.497 e. The van der Waals surface area contributed by atoms with Gasteiger partial charge in [0.05, 0.1) is 19.4 Å². The van der Waals surface area contributed by atoms with Crippen LogP contribution in [0.1, 0.15) is 24.2 Å². The third-order valence-corrected chi connectivity index (χ3v) is 3.15. The first-order chi connectivity index (χ1) is 11.2. The fourth-order valence-electron chi connectivity index (χ4n) is 2.06. The van der Waals surface area contributed by atoms with E-state index in [1.165, 1.54) is 5.01 Å². The van der Waals surface area contributed by atoms with Crippen molar-refractivity contribution in [2.45, 2.75) is 13.8 Å². The fraction of sp³-hybridized carbons (Fsp3) is 0.222. The highest BCUT2D eigenvalue weighted by molar-refractivity contribution is 6.06. The number of hydrogen-bond acceptors (Lipinski definition) is 4. The van der Waals surface area contributed by atoms with Crippen molar-refractivity contribution >= 4 is 17.8 Å². The van der Waals surface area contributed by atoms with Crippen LogP contribution in [0.5, 0.6) is 11.5 Å². The summed E-state index contributed by atoms with van der Waals surface area (Å²) in [5.41, 5.74) is 1.21. The fourth-order valence-corrected chi connectivity index (χ4v) is 2.06. The number of hydrazone groups is 1. The van der Waals surface area contributed by atoms with Crippen molar-refractivity contribution < 1.29 is 14.3 Å². The molecule has 5 heteroatoms. The molecule has 1 amide bonds. The van der Waals surface area contributed by atoms with E-state index in [9.17, 15) is 4.79 Å². The highest BCUT2D eigenvalue weighted by Gasteiger charge is 2.17. The van der Waals surface area contributed by atoms with Crippen molar-refractivity contribution in [2.24, 2.45) is 5.10 Å². The second kappa shape index (κ2) is 7.98. The molecule has 0 spiro atoms. The van der Waals surface area contributed by atoms with Crippen molar-refractivity contribution in [1.29, 1.82) is 0 Å². The van der Waals surface area contributed by atoms with Gasteiger partial charge in [0, 0.05) is 11.8 Å². The van der Waals surface area contributed by atoms with Crippen LogP contribution < -0.4 is 14.5 Å². The maximum atomic E-state index is 12.7. The number of rotatable bonds is 6. The topological polar surface area (TPSA) is 51.1 Å². The summed E-state index contributed by atoms with van der Waals surface area (Å²) in [5, 5.41) is 5.53. The molecule has 2 aromatic rings. The first-order valence-electron chi connectivity index (χ1n) is 7.39. The van der Waals surface area contributed by atoms with E-state index >= 15 is 0 Å². The van der Waals surface area contributed by atoms with Gasteiger partial charge in [-0.1, -0.05) is 0 Å². The Morgan fingerprint density at radius 1 is 1.09 bits per heavy atom. The molecule has 5 nitrogen and oxygen atoms in total. The van der Waals surface area contributed by atoms with Gasteiger partial charge in [-0.3, -0.25) is 4.79 Å². The van der Waals surface area contributed by atoms with Crippen LogP contribution in [-0.2, 0) is 0 Å². The number of hydrogen-bond donors (Lipinski definition) is 0. The SMILES string of the molecule is C/C=N/N(C(=O)c1ccc(OCC)cc1)c1ccc(OC)cc1. The predicted octanol–water partition coefficient (Wildman–Crippen LogP) is 3.75. The summed E-state index contributed by atoms with van der Waals surface area (Å²) in [6.07, 6.45) is 1.58. The standard InChI is InChI=1S/C18H20N2O3/c1-4-19-20(15-8-12-16(22-3)13-9-15)18(21)14-6-10-17(11-7-14)23-5-2/h4,6-13H,5H2,1-3H3/b19-4+. The molecule has 0 radical (unpaired) electrons. The zero-order chi connectivity index (χ0) is 16.7. The van der Waals surface area contributed by atoms with E-state index in [-0.39, 0.29) is 5.91 Å². The molecule has 2 aromatic carbocycles. The van der Waals surface area contributed by atoms with Gasteiger partial charge < -0.3 is 9.47 Å². The predicted molar refractivity (Wildman–Crippen MR) is 91.6 cm³/mol.